The van der Waals surface area contributed by atoms with Crippen molar-refractivity contribution in [1.82, 2.24) is 0 Å². The van der Waals surface area contributed by atoms with Gasteiger partial charge < -0.3 is 4.42 Å². The van der Waals surface area contributed by atoms with Crippen molar-refractivity contribution in [3.8, 4) is 22.3 Å². The molecular weight excluding hydrogens is 544 g/mol. The van der Waals surface area contributed by atoms with Gasteiger partial charge in [0.15, 0.2) is 0 Å². The number of rotatable bonds is 6. The van der Waals surface area contributed by atoms with E-state index in [1.807, 2.05) is 30.3 Å². The largest absolute Gasteiger partial charge is 0.464 e. The second kappa shape index (κ2) is 14.7. The van der Waals surface area contributed by atoms with Crippen LogP contribution in [-0.2, 0) is 0 Å². The lowest BCUT2D eigenvalue weighted by atomic mass is 9.94. The number of benzene rings is 3. The molecule has 0 spiro atoms. The van der Waals surface area contributed by atoms with E-state index in [-0.39, 0.29) is 16.5 Å². The molecule has 0 fully saturated rings. The Labute approximate surface area is 290 Å². The van der Waals surface area contributed by atoms with Gasteiger partial charge in [-0.15, -0.1) is 0 Å². The molecule has 2 unspecified atom stereocenters. The quantitative estimate of drug-likeness (QED) is 0.177. The van der Waals surface area contributed by atoms with Crippen molar-refractivity contribution < 1.29 is 27.7 Å². The first kappa shape index (κ1) is 15.4. The molecule has 1 aliphatic carbocycles. The summed E-state index contributed by atoms with van der Waals surface area (Å²) in [6, 6.07) is 13.0. The van der Waals surface area contributed by atoms with Crippen molar-refractivity contribution in [2.24, 2.45) is 0 Å². The highest BCUT2D eigenvalue weighted by atomic mass is 16.3. The van der Waals surface area contributed by atoms with E-state index >= 15 is 0 Å². The van der Waals surface area contributed by atoms with Crippen LogP contribution >= 0.6 is 0 Å². The van der Waals surface area contributed by atoms with Crippen molar-refractivity contribution in [3.05, 3.63) is 200 Å². The van der Waals surface area contributed by atoms with Gasteiger partial charge >= 0.3 is 0 Å². The average molecular weight is 598 g/mol. The Kier molecular flexibility index (Phi) is 5.01. The minimum Gasteiger partial charge on any atom is -0.464 e. The first-order valence-electron chi connectivity index (χ1n) is 22.6. The van der Waals surface area contributed by atoms with Crippen LogP contribution in [0.5, 0.6) is 0 Å². The third kappa shape index (κ3) is 7.47. The van der Waals surface area contributed by atoms with Gasteiger partial charge in [0.05, 0.1) is 26.8 Å². The van der Waals surface area contributed by atoms with Crippen LogP contribution in [0.4, 0.5) is 0 Å². The molecule has 2 atom stereocenters. The fourth-order valence-corrected chi connectivity index (χ4v) is 4.55. The van der Waals surface area contributed by atoms with Crippen molar-refractivity contribution >= 4 is 27.3 Å². The summed E-state index contributed by atoms with van der Waals surface area (Å²) in [5.74, 6) is 0. The highest BCUT2D eigenvalue weighted by Gasteiger charge is 2.08. The normalized spacial score (nSPS) is 23.1. The number of para-hydroxylation sites is 1. The Morgan fingerprint density at radius 3 is 2.49 bits per heavy atom. The molecule has 1 nitrogen and oxygen atoms in total. The second-order valence-electron chi connectivity index (χ2n) is 9.54. The lowest BCUT2D eigenvalue weighted by Gasteiger charge is -2.09. The van der Waals surface area contributed by atoms with Gasteiger partial charge in [0.1, 0.15) is 5.58 Å². The predicted molar refractivity (Wildman–Crippen MR) is 194 cm³/mol. The zero-order valence-electron chi connectivity index (χ0n) is 40.9. The Balaban J connectivity index is 1.84. The van der Waals surface area contributed by atoms with Gasteiger partial charge in [-0.25, -0.2) is 0 Å². The summed E-state index contributed by atoms with van der Waals surface area (Å²) in [6.07, 6.45) is -0.786. The summed E-state index contributed by atoms with van der Waals surface area (Å²) in [6.45, 7) is 0.573. The van der Waals surface area contributed by atoms with E-state index in [0.29, 0.717) is 28.7 Å². The standard InChI is InChI=1S/C44H36O/c1-34(18-12-13-21-35-19-6-4-7-20-35)40-25-10-2-3-11-26-41(43-28-16-15-27-42(40)43)39-32-37(36-22-8-5-9-23-36)30-31-45-44-29-17-14-24-38(44)33-39/h2-3,5-6,8-33H,1,4,7H2/b3-2?,10-2?,11-3?,18-12-,21-13+,25-10?,26-11?,31-30?,37-32?,39-33?,40-25?,41-26?,42-40?,43-41?/i1D,2D,3D,4D,6D,7D,10D,11D,12D,13D,15D,16D,18D,19D,20D,27D,28D/b3-2?,10-2?,11-3?,18-12-,21-13+,25-10?,26-11?,31-30?,34-1?,37-32?,39-33?,40-25?,41-26?,42-40?,43-41?. The average Bonchev–Trinajstić information content (AvgIpc) is 3.36. The summed E-state index contributed by atoms with van der Waals surface area (Å²) >= 11 is 0. The third-order valence-corrected chi connectivity index (χ3v) is 6.66. The minimum atomic E-state index is -1.56. The smallest absolute Gasteiger partial charge is 0.133 e. The summed E-state index contributed by atoms with van der Waals surface area (Å²) in [5, 5.41) is -0.188. The van der Waals surface area contributed by atoms with Crippen LogP contribution in [0.25, 0.3) is 49.6 Å². The van der Waals surface area contributed by atoms with Gasteiger partial charge in [-0.1, -0.05) is 158 Å². The maximum atomic E-state index is 9.38. The fourth-order valence-electron chi connectivity index (χ4n) is 4.55. The molecule has 0 bridgehead atoms. The Morgan fingerprint density at radius 2 is 1.60 bits per heavy atom. The van der Waals surface area contributed by atoms with E-state index in [2.05, 4.69) is 0 Å². The molecule has 45 heavy (non-hydrogen) atoms. The maximum Gasteiger partial charge on any atom is 0.133 e. The van der Waals surface area contributed by atoms with Gasteiger partial charge in [-0.2, -0.15) is 0 Å². The van der Waals surface area contributed by atoms with Crippen molar-refractivity contribution in [2.75, 3.05) is 0 Å². The van der Waals surface area contributed by atoms with E-state index in [0.717, 1.165) is 18.2 Å². The molecule has 6 rings (SSSR count). The SMILES string of the molecule is [2H]C=C(/C([2H])=C([2H])\C([2H])=C\C1=C([2H])C([2H])C([2H])C([2H])=C1[2H])c1cc([2H])c([2H])c([2H])c([2H])cc(-c2cc(-c3ccccc3)ccoc3ccccc3c2)c2c([2H])c([2H])c([2H])c([2H])c12. The Bertz CT molecular complexity index is 2940. The minimum absolute atomic E-state index is 0.0646. The molecule has 0 saturated heterocycles. The van der Waals surface area contributed by atoms with Crippen LogP contribution in [0.3, 0.4) is 0 Å². The van der Waals surface area contributed by atoms with E-state index in [9.17, 15) is 2.74 Å². The van der Waals surface area contributed by atoms with Crippen molar-refractivity contribution in [2.45, 2.75) is 12.8 Å². The highest BCUT2D eigenvalue weighted by molar-refractivity contribution is 6.02. The molecule has 0 N–H and O–H groups in total. The number of allylic oxidation sites excluding steroid dienone is 9. The van der Waals surface area contributed by atoms with Gasteiger partial charge in [-0.3, -0.25) is 0 Å². The number of fused-ring (bicyclic) bond motifs is 2. The third-order valence-electron chi connectivity index (χ3n) is 6.66. The van der Waals surface area contributed by atoms with Crippen LogP contribution in [-0.4, -0.2) is 0 Å². The zero-order chi connectivity index (χ0) is 45.3. The lowest BCUT2D eigenvalue weighted by molar-refractivity contribution is 0.607. The van der Waals surface area contributed by atoms with Crippen LogP contribution in [0.2, 0.25) is 0 Å². The highest BCUT2D eigenvalue weighted by Crippen LogP contribution is 2.33. The fraction of sp³-hybridized carbons (Fsp3) is 0.0455. The molecule has 218 valence electrons. The first-order valence-corrected chi connectivity index (χ1v) is 13.9. The van der Waals surface area contributed by atoms with E-state index < -0.39 is 120 Å². The van der Waals surface area contributed by atoms with Crippen LogP contribution in [0.1, 0.15) is 41.7 Å². The molecule has 1 heteroatoms. The molecule has 1 heterocycles. The predicted octanol–water partition coefficient (Wildman–Crippen LogP) is 12.6. The summed E-state index contributed by atoms with van der Waals surface area (Å²) in [7, 11) is 0. The molecule has 0 aliphatic heterocycles. The zero-order valence-corrected chi connectivity index (χ0v) is 23.9. The molecule has 4 aromatic carbocycles. The molecule has 5 aromatic rings. The van der Waals surface area contributed by atoms with Crippen molar-refractivity contribution in [1.29, 1.82) is 0 Å². The van der Waals surface area contributed by atoms with Gasteiger partial charge in [-0.05, 0) is 86.8 Å². The maximum absolute atomic E-state index is 9.38. The Hall–Kier alpha value is -5.66. The van der Waals surface area contributed by atoms with Crippen LogP contribution < -0.4 is 0 Å². The first-order chi connectivity index (χ1) is 29.4. The monoisotopic (exact) mass is 597 g/mol. The molecule has 0 radical (unpaired) electrons. The summed E-state index contributed by atoms with van der Waals surface area (Å²) < 4.78 is 154. The summed E-state index contributed by atoms with van der Waals surface area (Å²) in [4.78, 5) is 0. The molecule has 1 aliphatic rings. The van der Waals surface area contributed by atoms with Gasteiger partial charge in [0.2, 0.25) is 0 Å². The molecule has 0 saturated carbocycles. The van der Waals surface area contributed by atoms with E-state index in [4.69, 9.17) is 25.0 Å². The van der Waals surface area contributed by atoms with Gasteiger partial charge in [0, 0.05) is 8.13 Å². The second-order valence-corrected chi connectivity index (χ2v) is 9.54. The molecule has 0 amide bonds. The van der Waals surface area contributed by atoms with Crippen molar-refractivity contribution in [3.63, 3.8) is 0 Å². The van der Waals surface area contributed by atoms with Crippen LogP contribution in [0, 0.1) is 0 Å². The molecule has 1 aromatic heterocycles. The van der Waals surface area contributed by atoms with E-state index in [1.54, 1.807) is 42.5 Å². The van der Waals surface area contributed by atoms with Gasteiger partial charge in [0.25, 0.3) is 0 Å². The summed E-state index contributed by atoms with van der Waals surface area (Å²) in [5.41, 5.74) is 0.414. The molecular formula is C44H36O. The topological polar surface area (TPSA) is 13.1 Å². The Morgan fingerprint density at radius 1 is 0.778 bits per heavy atom. The number of hydrogen-bond acceptors (Lipinski definition) is 1. The van der Waals surface area contributed by atoms with E-state index in [1.165, 1.54) is 6.26 Å². The van der Waals surface area contributed by atoms with Crippen LogP contribution in [0.15, 0.2) is 198 Å². The number of hydrogen-bond donors (Lipinski definition) is 0. The lowest BCUT2D eigenvalue weighted by Crippen LogP contribution is -1.84.